The highest BCUT2D eigenvalue weighted by Gasteiger charge is 2.21. The van der Waals surface area contributed by atoms with Crippen molar-refractivity contribution in [3.63, 3.8) is 0 Å². The van der Waals surface area contributed by atoms with E-state index in [-0.39, 0.29) is 12.1 Å². The van der Waals surface area contributed by atoms with Crippen molar-refractivity contribution in [2.75, 3.05) is 26.9 Å². The summed E-state index contributed by atoms with van der Waals surface area (Å²) in [5, 5.41) is 6.51. The molecule has 1 saturated heterocycles. The fourth-order valence-corrected chi connectivity index (χ4v) is 3.34. The monoisotopic (exact) mass is 304 g/mol. The molecule has 1 fully saturated rings. The molecular weight excluding hydrogens is 284 g/mol. The van der Waals surface area contributed by atoms with Crippen LogP contribution in [-0.4, -0.2) is 31.9 Å². The highest BCUT2D eigenvalue weighted by atomic mass is 32.1. The van der Waals surface area contributed by atoms with Crippen molar-refractivity contribution in [1.82, 2.24) is 10.3 Å². The van der Waals surface area contributed by atoms with Gasteiger partial charge in [0.05, 0.1) is 25.5 Å². The quantitative estimate of drug-likeness (QED) is 0.922. The Bertz CT molecular complexity index is 552. The Hall–Kier alpha value is -1.27. The highest BCUT2D eigenvalue weighted by molar-refractivity contribution is 7.09. The van der Waals surface area contributed by atoms with Gasteiger partial charge in [0.25, 0.3) is 0 Å². The first kappa shape index (κ1) is 14.7. The van der Waals surface area contributed by atoms with Crippen LogP contribution in [0.4, 0.5) is 0 Å². The summed E-state index contributed by atoms with van der Waals surface area (Å²) in [5.41, 5.74) is 2.39. The lowest BCUT2D eigenvalue weighted by Gasteiger charge is -2.20. The number of benzene rings is 1. The molecule has 1 aliphatic heterocycles. The third kappa shape index (κ3) is 3.68. The molecule has 0 spiro atoms. The molecule has 3 rings (SSSR count). The van der Waals surface area contributed by atoms with Crippen LogP contribution in [0.3, 0.4) is 0 Å². The minimum atomic E-state index is 0.00209. The predicted molar refractivity (Wildman–Crippen MR) is 83.6 cm³/mol. The molecule has 1 aliphatic rings. The van der Waals surface area contributed by atoms with Crippen molar-refractivity contribution in [2.45, 2.75) is 18.6 Å². The highest BCUT2D eigenvalue weighted by Crippen LogP contribution is 2.26. The fourth-order valence-electron chi connectivity index (χ4n) is 2.48. The van der Waals surface area contributed by atoms with E-state index in [1.807, 2.05) is 13.1 Å². The van der Waals surface area contributed by atoms with Crippen LogP contribution in [0.15, 0.2) is 35.7 Å². The van der Waals surface area contributed by atoms with E-state index in [2.05, 4.69) is 35.0 Å². The average Bonchev–Trinajstić information content (AvgIpc) is 3.03. The second-order valence-corrected chi connectivity index (χ2v) is 5.96. The molecule has 21 heavy (non-hydrogen) atoms. The van der Waals surface area contributed by atoms with Gasteiger partial charge in [-0.3, -0.25) is 0 Å². The van der Waals surface area contributed by atoms with E-state index in [1.165, 1.54) is 5.56 Å². The van der Waals surface area contributed by atoms with E-state index in [9.17, 15) is 0 Å². The zero-order chi connectivity index (χ0) is 14.5. The van der Waals surface area contributed by atoms with E-state index in [0.717, 1.165) is 17.1 Å². The van der Waals surface area contributed by atoms with Crippen molar-refractivity contribution in [1.29, 1.82) is 0 Å². The SMILES string of the molecule is CNC(Cc1csc(C2COCCO2)n1)c1ccccc1. The number of hydrogen-bond acceptors (Lipinski definition) is 5. The summed E-state index contributed by atoms with van der Waals surface area (Å²) in [4.78, 5) is 4.72. The van der Waals surface area contributed by atoms with Gasteiger partial charge in [-0.1, -0.05) is 30.3 Å². The van der Waals surface area contributed by atoms with Gasteiger partial charge in [0.15, 0.2) is 0 Å². The third-order valence-electron chi connectivity index (χ3n) is 3.62. The summed E-state index contributed by atoms with van der Waals surface area (Å²) in [6, 6.07) is 10.7. The first-order valence-electron chi connectivity index (χ1n) is 7.22. The summed E-state index contributed by atoms with van der Waals surface area (Å²) in [6.45, 7) is 1.95. The van der Waals surface area contributed by atoms with E-state index in [1.54, 1.807) is 11.3 Å². The van der Waals surface area contributed by atoms with Gasteiger partial charge in [-0.2, -0.15) is 0 Å². The molecule has 1 aromatic heterocycles. The van der Waals surface area contributed by atoms with Crippen molar-refractivity contribution in [3.05, 3.63) is 52.0 Å². The largest absolute Gasteiger partial charge is 0.376 e. The molecule has 1 aromatic carbocycles. The number of ether oxygens (including phenoxy) is 2. The van der Waals surface area contributed by atoms with Gasteiger partial charge in [-0.15, -0.1) is 11.3 Å². The molecule has 2 unspecified atom stereocenters. The number of rotatable bonds is 5. The Kier molecular flexibility index (Phi) is 4.98. The molecule has 4 nitrogen and oxygen atoms in total. The van der Waals surface area contributed by atoms with Gasteiger partial charge >= 0.3 is 0 Å². The second-order valence-electron chi connectivity index (χ2n) is 5.07. The molecule has 0 bridgehead atoms. The van der Waals surface area contributed by atoms with Gasteiger partial charge in [0.2, 0.25) is 0 Å². The zero-order valence-corrected chi connectivity index (χ0v) is 12.9. The van der Waals surface area contributed by atoms with E-state index >= 15 is 0 Å². The summed E-state index contributed by atoms with van der Waals surface area (Å²) in [6.07, 6.45) is 0.882. The lowest BCUT2D eigenvalue weighted by molar-refractivity contribution is -0.0902. The standard InChI is InChI=1S/C16H20N2O2S/c1-17-14(12-5-3-2-4-6-12)9-13-11-21-16(18-13)15-10-19-7-8-20-15/h2-6,11,14-15,17H,7-10H2,1H3. The van der Waals surface area contributed by atoms with E-state index in [4.69, 9.17) is 14.5 Å². The Labute approximate surface area is 129 Å². The van der Waals surface area contributed by atoms with Crippen molar-refractivity contribution in [2.24, 2.45) is 0 Å². The molecule has 112 valence electrons. The maximum absolute atomic E-state index is 5.70. The lowest BCUT2D eigenvalue weighted by atomic mass is 10.0. The second kappa shape index (κ2) is 7.13. The molecule has 1 N–H and O–H groups in total. The molecule has 5 heteroatoms. The third-order valence-corrected chi connectivity index (χ3v) is 4.61. The van der Waals surface area contributed by atoms with Crippen LogP contribution in [0.2, 0.25) is 0 Å². The molecule has 0 amide bonds. The van der Waals surface area contributed by atoms with Crippen LogP contribution in [0, 0.1) is 0 Å². The minimum absolute atomic E-state index is 0.00209. The Balaban J connectivity index is 1.68. The molecule has 2 aromatic rings. The number of thiazole rings is 1. The van der Waals surface area contributed by atoms with Gasteiger partial charge in [0, 0.05) is 17.8 Å². The van der Waals surface area contributed by atoms with Crippen LogP contribution < -0.4 is 5.32 Å². The van der Waals surface area contributed by atoms with E-state index < -0.39 is 0 Å². The smallest absolute Gasteiger partial charge is 0.132 e. The minimum Gasteiger partial charge on any atom is -0.376 e. The molecule has 2 atom stereocenters. The number of likely N-dealkylation sites (N-methyl/N-ethyl adjacent to an activating group) is 1. The Morgan fingerprint density at radius 3 is 2.90 bits per heavy atom. The van der Waals surface area contributed by atoms with Crippen LogP contribution in [0.1, 0.15) is 28.4 Å². The molecule has 0 aliphatic carbocycles. The van der Waals surface area contributed by atoms with E-state index in [0.29, 0.717) is 19.8 Å². The van der Waals surface area contributed by atoms with Crippen LogP contribution in [0.25, 0.3) is 0 Å². The van der Waals surface area contributed by atoms with Gasteiger partial charge in [-0.05, 0) is 12.6 Å². The van der Waals surface area contributed by atoms with Crippen molar-refractivity contribution in [3.8, 4) is 0 Å². The van der Waals surface area contributed by atoms with Crippen molar-refractivity contribution < 1.29 is 9.47 Å². The number of nitrogens with one attached hydrogen (secondary N) is 1. The fraction of sp³-hybridized carbons (Fsp3) is 0.438. The summed E-state index contributed by atoms with van der Waals surface area (Å²) in [7, 11) is 1.99. The number of nitrogens with zero attached hydrogens (tertiary/aromatic N) is 1. The van der Waals surface area contributed by atoms with Gasteiger partial charge < -0.3 is 14.8 Å². The Morgan fingerprint density at radius 1 is 1.33 bits per heavy atom. The molecule has 0 saturated carbocycles. The first-order valence-corrected chi connectivity index (χ1v) is 8.10. The first-order chi connectivity index (χ1) is 10.4. The maximum atomic E-state index is 5.70. The number of aromatic nitrogens is 1. The topological polar surface area (TPSA) is 43.4 Å². The van der Waals surface area contributed by atoms with Gasteiger partial charge in [-0.25, -0.2) is 4.98 Å². The maximum Gasteiger partial charge on any atom is 0.132 e. The van der Waals surface area contributed by atoms with Crippen LogP contribution in [0.5, 0.6) is 0 Å². The van der Waals surface area contributed by atoms with Crippen molar-refractivity contribution >= 4 is 11.3 Å². The Morgan fingerprint density at radius 2 is 2.19 bits per heavy atom. The average molecular weight is 304 g/mol. The summed E-state index contributed by atoms with van der Waals surface area (Å²) in [5.74, 6) is 0. The molecular formula is C16H20N2O2S. The lowest BCUT2D eigenvalue weighted by Crippen LogP contribution is -2.22. The van der Waals surface area contributed by atoms with Crippen LogP contribution >= 0.6 is 11.3 Å². The summed E-state index contributed by atoms with van der Waals surface area (Å²) < 4.78 is 11.1. The number of hydrogen-bond donors (Lipinski definition) is 1. The molecule has 2 heterocycles. The van der Waals surface area contributed by atoms with Crippen LogP contribution in [-0.2, 0) is 15.9 Å². The van der Waals surface area contributed by atoms with Gasteiger partial charge in [0.1, 0.15) is 11.1 Å². The normalized spacial score (nSPS) is 20.3. The predicted octanol–water partition coefficient (Wildman–Crippen LogP) is 2.73. The zero-order valence-electron chi connectivity index (χ0n) is 12.1. The molecule has 0 radical (unpaired) electrons. The summed E-state index contributed by atoms with van der Waals surface area (Å²) >= 11 is 1.66.